The van der Waals surface area contributed by atoms with Gasteiger partial charge in [-0.3, -0.25) is 0 Å². The number of carboxylic acids is 1. The lowest BCUT2D eigenvalue weighted by molar-refractivity contribution is 0.0698. The standard InChI is InChI=1S/C13H9Br2NO2/c14-8-2-1-3-10(6-8)16-12-7-9(15)4-5-11(12)13(17)18/h1-7,16H,(H,17,18). The molecule has 2 aromatic carbocycles. The average molecular weight is 371 g/mol. The summed E-state index contributed by atoms with van der Waals surface area (Å²) in [6, 6.07) is 12.5. The zero-order valence-corrected chi connectivity index (χ0v) is 12.3. The molecule has 0 saturated carbocycles. The van der Waals surface area contributed by atoms with E-state index in [9.17, 15) is 4.79 Å². The molecule has 0 saturated heterocycles. The molecule has 0 bridgehead atoms. The lowest BCUT2D eigenvalue weighted by atomic mass is 10.1. The molecule has 0 heterocycles. The molecule has 3 nitrogen and oxygen atoms in total. The lowest BCUT2D eigenvalue weighted by Gasteiger charge is -2.10. The van der Waals surface area contributed by atoms with E-state index in [4.69, 9.17) is 5.11 Å². The Morgan fingerprint density at radius 3 is 2.44 bits per heavy atom. The van der Waals surface area contributed by atoms with Crippen LogP contribution in [0.3, 0.4) is 0 Å². The maximum atomic E-state index is 11.1. The highest BCUT2D eigenvalue weighted by Crippen LogP contribution is 2.26. The van der Waals surface area contributed by atoms with Crippen LogP contribution < -0.4 is 5.32 Å². The van der Waals surface area contributed by atoms with Crippen LogP contribution in [0, 0.1) is 0 Å². The molecule has 18 heavy (non-hydrogen) atoms. The number of nitrogens with one attached hydrogen (secondary N) is 1. The summed E-state index contributed by atoms with van der Waals surface area (Å²) in [6.45, 7) is 0. The Hall–Kier alpha value is -1.33. The predicted octanol–water partition coefficient (Wildman–Crippen LogP) is 4.65. The van der Waals surface area contributed by atoms with E-state index in [1.807, 2.05) is 24.3 Å². The van der Waals surface area contributed by atoms with Gasteiger partial charge in [-0.15, -0.1) is 0 Å². The molecule has 0 radical (unpaired) electrons. The summed E-state index contributed by atoms with van der Waals surface area (Å²) in [5, 5.41) is 12.2. The molecule has 92 valence electrons. The van der Waals surface area contributed by atoms with Gasteiger partial charge in [0.15, 0.2) is 0 Å². The second-order valence-corrected chi connectivity index (χ2v) is 5.46. The molecule has 5 heteroatoms. The first-order valence-electron chi connectivity index (χ1n) is 5.12. The highest BCUT2D eigenvalue weighted by atomic mass is 79.9. The zero-order chi connectivity index (χ0) is 13.1. The molecule has 2 aromatic rings. The fourth-order valence-electron chi connectivity index (χ4n) is 1.53. The Morgan fingerprint density at radius 1 is 1.06 bits per heavy atom. The monoisotopic (exact) mass is 369 g/mol. The fourth-order valence-corrected chi connectivity index (χ4v) is 2.29. The molecule has 2 N–H and O–H groups in total. The van der Waals surface area contributed by atoms with E-state index in [-0.39, 0.29) is 5.56 Å². The quantitative estimate of drug-likeness (QED) is 0.826. The Labute approximate surface area is 121 Å². The number of benzene rings is 2. The van der Waals surface area contributed by atoms with Gasteiger partial charge in [-0.1, -0.05) is 37.9 Å². The van der Waals surface area contributed by atoms with E-state index in [2.05, 4.69) is 37.2 Å². The number of halogens is 2. The van der Waals surface area contributed by atoms with Crippen molar-refractivity contribution in [2.24, 2.45) is 0 Å². The molecule has 0 aromatic heterocycles. The molecule has 0 spiro atoms. The van der Waals surface area contributed by atoms with Gasteiger partial charge < -0.3 is 10.4 Å². The van der Waals surface area contributed by atoms with Crippen molar-refractivity contribution in [3.63, 3.8) is 0 Å². The number of anilines is 2. The van der Waals surface area contributed by atoms with Crippen molar-refractivity contribution in [2.45, 2.75) is 0 Å². The second kappa shape index (κ2) is 5.54. The molecule has 0 unspecified atom stereocenters. The van der Waals surface area contributed by atoms with Crippen LogP contribution in [0.4, 0.5) is 11.4 Å². The molecular weight excluding hydrogens is 362 g/mol. The molecule has 0 aliphatic rings. The third-order valence-electron chi connectivity index (χ3n) is 2.32. The predicted molar refractivity (Wildman–Crippen MR) is 78.5 cm³/mol. The first-order chi connectivity index (χ1) is 8.56. The molecular formula is C13H9Br2NO2. The summed E-state index contributed by atoms with van der Waals surface area (Å²) in [5.74, 6) is -0.958. The Balaban J connectivity index is 2.39. The maximum absolute atomic E-state index is 11.1. The number of aromatic carboxylic acids is 1. The summed E-state index contributed by atoms with van der Waals surface area (Å²) < 4.78 is 1.75. The van der Waals surface area contributed by atoms with Gasteiger partial charge in [0.05, 0.1) is 11.3 Å². The maximum Gasteiger partial charge on any atom is 0.337 e. The smallest absolute Gasteiger partial charge is 0.337 e. The Morgan fingerprint density at radius 2 is 1.78 bits per heavy atom. The van der Waals surface area contributed by atoms with E-state index in [0.29, 0.717) is 5.69 Å². The minimum Gasteiger partial charge on any atom is -0.478 e. The van der Waals surface area contributed by atoms with Gasteiger partial charge in [0.25, 0.3) is 0 Å². The van der Waals surface area contributed by atoms with E-state index in [1.165, 1.54) is 0 Å². The summed E-state index contributed by atoms with van der Waals surface area (Å²) in [4.78, 5) is 11.1. The summed E-state index contributed by atoms with van der Waals surface area (Å²) >= 11 is 6.70. The van der Waals surface area contributed by atoms with Gasteiger partial charge in [0.1, 0.15) is 0 Å². The fraction of sp³-hybridized carbons (Fsp3) is 0. The van der Waals surface area contributed by atoms with Crippen molar-refractivity contribution in [3.05, 3.63) is 57.0 Å². The number of carboxylic acid groups (broad SMARTS) is 1. The Kier molecular flexibility index (Phi) is 4.04. The Bertz CT molecular complexity index is 599. The van der Waals surface area contributed by atoms with Gasteiger partial charge >= 0.3 is 5.97 Å². The summed E-state index contributed by atoms with van der Waals surface area (Å²) in [5.41, 5.74) is 1.61. The van der Waals surface area contributed by atoms with Crippen molar-refractivity contribution in [1.29, 1.82) is 0 Å². The molecule has 0 amide bonds. The minimum atomic E-state index is -0.958. The van der Waals surface area contributed by atoms with Crippen molar-refractivity contribution in [3.8, 4) is 0 Å². The van der Waals surface area contributed by atoms with Crippen molar-refractivity contribution in [1.82, 2.24) is 0 Å². The molecule has 0 atom stereocenters. The third kappa shape index (κ3) is 3.11. The average Bonchev–Trinajstić information content (AvgIpc) is 2.28. The van der Waals surface area contributed by atoms with E-state index >= 15 is 0 Å². The van der Waals surface area contributed by atoms with Crippen LogP contribution in [-0.4, -0.2) is 11.1 Å². The van der Waals surface area contributed by atoms with Crippen molar-refractivity contribution < 1.29 is 9.90 Å². The van der Waals surface area contributed by atoms with Gasteiger partial charge in [0, 0.05) is 14.6 Å². The molecule has 0 fully saturated rings. The van der Waals surface area contributed by atoms with E-state index < -0.39 is 5.97 Å². The largest absolute Gasteiger partial charge is 0.478 e. The highest BCUT2D eigenvalue weighted by molar-refractivity contribution is 9.10. The number of hydrogen-bond acceptors (Lipinski definition) is 2. The van der Waals surface area contributed by atoms with E-state index in [1.54, 1.807) is 18.2 Å². The number of hydrogen-bond donors (Lipinski definition) is 2. The van der Waals surface area contributed by atoms with Gasteiger partial charge in [-0.05, 0) is 36.4 Å². The summed E-state index contributed by atoms with van der Waals surface area (Å²) in [7, 11) is 0. The van der Waals surface area contributed by atoms with Crippen molar-refractivity contribution >= 4 is 49.2 Å². The first kappa shape index (κ1) is 13.1. The highest BCUT2D eigenvalue weighted by Gasteiger charge is 2.10. The van der Waals surface area contributed by atoms with Gasteiger partial charge in [-0.2, -0.15) is 0 Å². The van der Waals surface area contributed by atoms with Crippen LogP contribution >= 0.6 is 31.9 Å². The third-order valence-corrected chi connectivity index (χ3v) is 3.30. The first-order valence-corrected chi connectivity index (χ1v) is 6.70. The lowest BCUT2D eigenvalue weighted by Crippen LogP contribution is -2.02. The topological polar surface area (TPSA) is 49.3 Å². The molecule has 2 rings (SSSR count). The minimum absolute atomic E-state index is 0.234. The van der Waals surface area contributed by atoms with Crippen LogP contribution in [-0.2, 0) is 0 Å². The zero-order valence-electron chi connectivity index (χ0n) is 9.15. The van der Waals surface area contributed by atoms with Gasteiger partial charge in [-0.25, -0.2) is 4.79 Å². The number of carbonyl (C=O) groups is 1. The van der Waals surface area contributed by atoms with E-state index in [0.717, 1.165) is 14.6 Å². The number of rotatable bonds is 3. The SMILES string of the molecule is O=C(O)c1ccc(Br)cc1Nc1cccc(Br)c1. The van der Waals surface area contributed by atoms with Crippen LogP contribution in [0.5, 0.6) is 0 Å². The van der Waals surface area contributed by atoms with Crippen LogP contribution in [0.1, 0.15) is 10.4 Å². The summed E-state index contributed by atoms with van der Waals surface area (Å²) in [6.07, 6.45) is 0. The van der Waals surface area contributed by atoms with Crippen molar-refractivity contribution in [2.75, 3.05) is 5.32 Å². The molecule has 0 aliphatic carbocycles. The second-order valence-electron chi connectivity index (χ2n) is 3.63. The molecule has 0 aliphatic heterocycles. The van der Waals surface area contributed by atoms with Crippen LogP contribution in [0.2, 0.25) is 0 Å². The normalized spacial score (nSPS) is 10.1. The van der Waals surface area contributed by atoms with Crippen LogP contribution in [0.15, 0.2) is 51.4 Å². The van der Waals surface area contributed by atoms with Gasteiger partial charge in [0.2, 0.25) is 0 Å². The van der Waals surface area contributed by atoms with Crippen LogP contribution in [0.25, 0.3) is 0 Å².